The molecule has 0 spiro atoms. The SMILES string of the molecule is Cc1c(C2CCCCC2)nn(C)c1N. The number of nitrogens with zero attached hydrogens (tertiary/aromatic N) is 2. The van der Waals surface area contributed by atoms with Crippen molar-refractivity contribution in [3.05, 3.63) is 11.3 Å². The maximum atomic E-state index is 5.91. The first kappa shape index (κ1) is 9.56. The Hall–Kier alpha value is -0.990. The van der Waals surface area contributed by atoms with E-state index >= 15 is 0 Å². The van der Waals surface area contributed by atoms with Crippen molar-refractivity contribution >= 4 is 5.82 Å². The second-order valence-electron chi connectivity index (χ2n) is 4.35. The second kappa shape index (κ2) is 3.64. The van der Waals surface area contributed by atoms with Crippen molar-refractivity contribution in [3.8, 4) is 0 Å². The fourth-order valence-electron chi connectivity index (χ4n) is 2.43. The van der Waals surface area contributed by atoms with Gasteiger partial charge in [0, 0.05) is 18.5 Å². The van der Waals surface area contributed by atoms with E-state index in [9.17, 15) is 0 Å². The molecule has 1 fully saturated rings. The predicted octanol–water partition coefficient (Wildman–Crippen LogP) is 2.36. The van der Waals surface area contributed by atoms with Crippen LogP contribution in [0.5, 0.6) is 0 Å². The Morgan fingerprint density at radius 3 is 2.43 bits per heavy atom. The van der Waals surface area contributed by atoms with Crippen molar-refractivity contribution < 1.29 is 0 Å². The van der Waals surface area contributed by atoms with E-state index < -0.39 is 0 Å². The van der Waals surface area contributed by atoms with Crippen molar-refractivity contribution in [2.45, 2.75) is 44.9 Å². The van der Waals surface area contributed by atoms with Gasteiger partial charge < -0.3 is 5.73 Å². The maximum Gasteiger partial charge on any atom is 0.124 e. The first-order valence-corrected chi connectivity index (χ1v) is 5.49. The van der Waals surface area contributed by atoms with Crippen molar-refractivity contribution in [1.82, 2.24) is 9.78 Å². The Morgan fingerprint density at radius 1 is 1.29 bits per heavy atom. The maximum absolute atomic E-state index is 5.91. The number of hydrogen-bond donors (Lipinski definition) is 1. The van der Waals surface area contributed by atoms with E-state index in [1.54, 1.807) is 4.68 Å². The standard InChI is InChI=1S/C11H19N3/c1-8-10(13-14(2)11(8)12)9-6-4-3-5-7-9/h9H,3-7,12H2,1-2H3. The van der Waals surface area contributed by atoms with E-state index in [1.165, 1.54) is 43.4 Å². The van der Waals surface area contributed by atoms with E-state index in [-0.39, 0.29) is 0 Å². The van der Waals surface area contributed by atoms with Crippen LogP contribution in [0.4, 0.5) is 5.82 Å². The Morgan fingerprint density at radius 2 is 1.93 bits per heavy atom. The van der Waals surface area contributed by atoms with E-state index in [0.717, 1.165) is 5.82 Å². The van der Waals surface area contributed by atoms with Gasteiger partial charge in [0.05, 0.1) is 5.69 Å². The largest absolute Gasteiger partial charge is 0.384 e. The van der Waals surface area contributed by atoms with Gasteiger partial charge in [-0.05, 0) is 19.8 Å². The summed E-state index contributed by atoms with van der Waals surface area (Å²) in [6, 6.07) is 0. The van der Waals surface area contributed by atoms with Crippen LogP contribution in [0, 0.1) is 6.92 Å². The number of aromatic nitrogens is 2. The van der Waals surface area contributed by atoms with E-state index in [4.69, 9.17) is 5.73 Å². The number of aryl methyl sites for hydroxylation is 1. The lowest BCUT2D eigenvalue weighted by Crippen LogP contribution is -2.06. The van der Waals surface area contributed by atoms with Crippen molar-refractivity contribution in [3.63, 3.8) is 0 Å². The van der Waals surface area contributed by atoms with Crippen LogP contribution in [0.1, 0.15) is 49.3 Å². The number of nitrogens with two attached hydrogens (primary N) is 1. The molecule has 1 heterocycles. The van der Waals surface area contributed by atoms with Gasteiger partial charge in [-0.1, -0.05) is 19.3 Å². The quantitative estimate of drug-likeness (QED) is 0.744. The fraction of sp³-hybridized carbons (Fsp3) is 0.727. The monoisotopic (exact) mass is 193 g/mol. The molecule has 0 aromatic carbocycles. The lowest BCUT2D eigenvalue weighted by atomic mass is 9.86. The molecule has 0 radical (unpaired) electrons. The van der Waals surface area contributed by atoms with Gasteiger partial charge in [-0.3, -0.25) is 4.68 Å². The molecule has 0 bridgehead atoms. The number of hydrogen-bond acceptors (Lipinski definition) is 2. The molecule has 1 aliphatic rings. The van der Waals surface area contributed by atoms with E-state index in [2.05, 4.69) is 12.0 Å². The summed E-state index contributed by atoms with van der Waals surface area (Å²) in [7, 11) is 1.93. The molecule has 2 N–H and O–H groups in total. The smallest absolute Gasteiger partial charge is 0.124 e. The third kappa shape index (κ3) is 1.51. The summed E-state index contributed by atoms with van der Waals surface area (Å²) < 4.78 is 1.80. The zero-order valence-electron chi connectivity index (χ0n) is 9.08. The van der Waals surface area contributed by atoms with Gasteiger partial charge in [0.25, 0.3) is 0 Å². The molecule has 0 saturated heterocycles. The molecule has 1 saturated carbocycles. The molecule has 78 valence electrons. The first-order chi connectivity index (χ1) is 6.70. The van der Waals surface area contributed by atoms with Crippen LogP contribution in [0.15, 0.2) is 0 Å². The molecule has 1 aliphatic carbocycles. The minimum atomic E-state index is 0.659. The Kier molecular flexibility index (Phi) is 2.48. The molecule has 2 rings (SSSR count). The van der Waals surface area contributed by atoms with Gasteiger partial charge in [-0.15, -0.1) is 0 Å². The molecule has 3 heteroatoms. The molecule has 0 amide bonds. The van der Waals surface area contributed by atoms with E-state index in [1.807, 2.05) is 7.05 Å². The Bertz CT molecular complexity index is 322. The Balaban J connectivity index is 2.26. The summed E-state index contributed by atoms with van der Waals surface area (Å²) in [6.07, 6.45) is 6.66. The molecule has 1 aromatic rings. The third-order valence-electron chi connectivity index (χ3n) is 3.37. The molecule has 3 nitrogen and oxygen atoms in total. The van der Waals surface area contributed by atoms with Crippen molar-refractivity contribution in [2.24, 2.45) is 7.05 Å². The van der Waals surface area contributed by atoms with Crippen LogP contribution in [0.2, 0.25) is 0 Å². The minimum Gasteiger partial charge on any atom is -0.384 e. The molecular formula is C11H19N3. The first-order valence-electron chi connectivity index (χ1n) is 5.49. The number of anilines is 1. The van der Waals surface area contributed by atoms with E-state index in [0.29, 0.717) is 5.92 Å². The van der Waals surface area contributed by atoms with Gasteiger partial charge in [0.1, 0.15) is 5.82 Å². The average molecular weight is 193 g/mol. The molecule has 1 aromatic heterocycles. The van der Waals surface area contributed by atoms with Crippen molar-refractivity contribution in [2.75, 3.05) is 5.73 Å². The van der Waals surface area contributed by atoms with Gasteiger partial charge >= 0.3 is 0 Å². The number of rotatable bonds is 1. The summed E-state index contributed by atoms with van der Waals surface area (Å²) in [5.74, 6) is 1.48. The lowest BCUT2D eigenvalue weighted by molar-refractivity contribution is 0.432. The highest BCUT2D eigenvalue weighted by Gasteiger charge is 2.21. The average Bonchev–Trinajstić information content (AvgIpc) is 2.47. The summed E-state index contributed by atoms with van der Waals surface area (Å²) >= 11 is 0. The topological polar surface area (TPSA) is 43.8 Å². The fourth-order valence-corrected chi connectivity index (χ4v) is 2.43. The third-order valence-corrected chi connectivity index (χ3v) is 3.37. The zero-order chi connectivity index (χ0) is 10.1. The predicted molar refractivity (Wildman–Crippen MR) is 58.2 cm³/mol. The second-order valence-corrected chi connectivity index (χ2v) is 4.35. The van der Waals surface area contributed by atoms with Crippen LogP contribution in [-0.4, -0.2) is 9.78 Å². The molecule has 0 aliphatic heterocycles. The number of nitrogen functional groups attached to an aromatic ring is 1. The zero-order valence-corrected chi connectivity index (χ0v) is 9.08. The summed E-state index contributed by atoms with van der Waals surface area (Å²) in [4.78, 5) is 0. The minimum absolute atomic E-state index is 0.659. The summed E-state index contributed by atoms with van der Waals surface area (Å²) in [6.45, 7) is 2.09. The summed E-state index contributed by atoms with van der Waals surface area (Å²) in [5, 5.41) is 4.53. The molecule has 0 atom stereocenters. The van der Waals surface area contributed by atoms with Crippen LogP contribution in [-0.2, 0) is 7.05 Å². The van der Waals surface area contributed by atoms with Crippen LogP contribution < -0.4 is 5.73 Å². The molecular weight excluding hydrogens is 174 g/mol. The Labute approximate surface area is 85.3 Å². The van der Waals surface area contributed by atoms with Gasteiger partial charge in [-0.25, -0.2) is 0 Å². The van der Waals surface area contributed by atoms with Crippen LogP contribution in [0.3, 0.4) is 0 Å². The van der Waals surface area contributed by atoms with Gasteiger partial charge in [0.15, 0.2) is 0 Å². The molecule has 14 heavy (non-hydrogen) atoms. The van der Waals surface area contributed by atoms with Crippen LogP contribution in [0.25, 0.3) is 0 Å². The van der Waals surface area contributed by atoms with Crippen LogP contribution >= 0.6 is 0 Å². The lowest BCUT2D eigenvalue weighted by Gasteiger charge is -2.20. The normalized spacial score (nSPS) is 18.7. The molecule has 0 unspecified atom stereocenters. The summed E-state index contributed by atoms with van der Waals surface area (Å²) in [5.41, 5.74) is 8.34. The highest BCUT2D eigenvalue weighted by molar-refractivity contribution is 5.43. The van der Waals surface area contributed by atoms with Gasteiger partial charge in [-0.2, -0.15) is 5.10 Å². The van der Waals surface area contributed by atoms with Gasteiger partial charge in [0.2, 0.25) is 0 Å². The van der Waals surface area contributed by atoms with Crippen molar-refractivity contribution in [1.29, 1.82) is 0 Å². The highest BCUT2D eigenvalue weighted by atomic mass is 15.3. The highest BCUT2D eigenvalue weighted by Crippen LogP contribution is 2.34.